The fourth-order valence-corrected chi connectivity index (χ4v) is 2.89. The van der Waals surface area contributed by atoms with Crippen molar-refractivity contribution in [2.45, 2.75) is 13.0 Å². The summed E-state index contributed by atoms with van der Waals surface area (Å²) in [6.07, 6.45) is 0.733. The zero-order valence-corrected chi connectivity index (χ0v) is 14.3. The second-order valence-electron chi connectivity index (χ2n) is 5.26. The zero-order chi connectivity index (χ0) is 16.9. The van der Waals surface area contributed by atoms with Gasteiger partial charge in [0.25, 0.3) is 0 Å². The summed E-state index contributed by atoms with van der Waals surface area (Å²) in [6, 6.07) is 14.9. The van der Waals surface area contributed by atoms with Crippen molar-refractivity contribution in [3.05, 3.63) is 80.3 Å². The van der Waals surface area contributed by atoms with Crippen molar-refractivity contribution in [3.63, 3.8) is 0 Å². The highest BCUT2D eigenvalue weighted by Gasteiger charge is 2.22. The maximum atomic E-state index is 11.9. The van der Waals surface area contributed by atoms with E-state index in [1.807, 2.05) is 42.5 Å². The Hall–Kier alpha value is -2.08. The van der Waals surface area contributed by atoms with Crippen LogP contribution in [0, 0.1) is 0 Å². The van der Waals surface area contributed by atoms with Gasteiger partial charge >= 0.3 is 11.3 Å². The van der Waals surface area contributed by atoms with Crippen molar-refractivity contribution in [3.8, 4) is 5.69 Å². The number of benzene rings is 2. The molecule has 0 bridgehead atoms. The lowest BCUT2D eigenvalue weighted by Crippen LogP contribution is -2.41. The first-order valence-electron chi connectivity index (χ1n) is 7.47. The smallest absolute Gasteiger partial charge is 0.307 e. The molecule has 0 spiro atoms. The zero-order valence-electron chi connectivity index (χ0n) is 12.8. The summed E-state index contributed by atoms with van der Waals surface area (Å²) in [4.78, 5) is 11.9. The van der Waals surface area contributed by atoms with E-state index in [0.717, 1.165) is 17.7 Å². The molecule has 5 nitrogen and oxygen atoms in total. The van der Waals surface area contributed by atoms with Crippen LogP contribution >= 0.6 is 23.2 Å². The molecule has 1 heterocycles. The average molecular weight is 365 g/mol. The molecule has 0 saturated heterocycles. The summed E-state index contributed by atoms with van der Waals surface area (Å²) in [6.45, 7) is 1.05. The molecule has 0 unspecified atom stereocenters. The first kappa shape index (κ1) is 16.8. The molecule has 0 aliphatic heterocycles. The van der Waals surface area contributed by atoms with E-state index in [9.17, 15) is 4.79 Å². The van der Waals surface area contributed by atoms with Crippen LogP contribution in [0.5, 0.6) is 0 Å². The maximum absolute atomic E-state index is 11.9. The molecular weight excluding hydrogens is 349 g/mol. The molecule has 7 heteroatoms. The van der Waals surface area contributed by atoms with Crippen LogP contribution in [0.2, 0.25) is 10.0 Å². The van der Waals surface area contributed by atoms with Gasteiger partial charge in [0, 0.05) is 22.2 Å². The van der Waals surface area contributed by atoms with Gasteiger partial charge in [0.15, 0.2) is 0 Å². The number of rotatable bonds is 6. The molecule has 3 rings (SSSR count). The molecule has 0 aliphatic carbocycles. The van der Waals surface area contributed by atoms with Gasteiger partial charge in [-0.3, -0.25) is 4.52 Å². The van der Waals surface area contributed by atoms with Gasteiger partial charge in [0.2, 0.25) is 5.69 Å². The fraction of sp³-hybridized carbons (Fsp3) is 0.176. The van der Waals surface area contributed by atoms with Crippen LogP contribution in [0.15, 0.2) is 57.8 Å². The van der Waals surface area contributed by atoms with Gasteiger partial charge in [-0.05, 0) is 40.6 Å². The molecule has 3 aromatic rings. The third-order valence-corrected chi connectivity index (χ3v) is 4.22. The van der Waals surface area contributed by atoms with Crippen molar-refractivity contribution in [2.75, 3.05) is 6.54 Å². The Bertz CT molecular complexity index is 875. The molecule has 2 N–H and O–H groups in total. The van der Waals surface area contributed by atoms with Crippen LogP contribution < -0.4 is 15.6 Å². The molecule has 1 aromatic heterocycles. The van der Waals surface area contributed by atoms with Gasteiger partial charge < -0.3 is 5.32 Å². The van der Waals surface area contributed by atoms with Gasteiger partial charge in [-0.15, -0.1) is 0 Å². The minimum absolute atomic E-state index is 0.381. The van der Waals surface area contributed by atoms with Crippen LogP contribution in [-0.4, -0.2) is 11.8 Å². The Morgan fingerprint density at radius 3 is 2.67 bits per heavy atom. The van der Waals surface area contributed by atoms with Crippen LogP contribution in [0.3, 0.4) is 0 Å². The Kier molecular flexibility index (Phi) is 5.35. The number of nitrogens with zero attached hydrogens (tertiary/aromatic N) is 1. The van der Waals surface area contributed by atoms with Crippen LogP contribution in [0.1, 0.15) is 11.3 Å². The van der Waals surface area contributed by atoms with Crippen LogP contribution in [0.4, 0.5) is 0 Å². The Balaban J connectivity index is 1.63. The van der Waals surface area contributed by atoms with Crippen molar-refractivity contribution in [1.29, 1.82) is 0 Å². The van der Waals surface area contributed by atoms with E-state index < -0.39 is 5.63 Å². The first-order valence-corrected chi connectivity index (χ1v) is 8.23. The number of para-hydroxylation sites is 1. The molecule has 2 aromatic carbocycles. The van der Waals surface area contributed by atoms with Gasteiger partial charge in [0.05, 0.1) is 6.54 Å². The van der Waals surface area contributed by atoms with Gasteiger partial charge in [0.1, 0.15) is 0 Å². The van der Waals surface area contributed by atoms with E-state index in [1.54, 1.807) is 10.7 Å². The summed E-state index contributed by atoms with van der Waals surface area (Å²) in [5, 5.41) is 7.11. The first-order chi connectivity index (χ1) is 11.6. The van der Waals surface area contributed by atoms with Crippen molar-refractivity contribution >= 4 is 23.2 Å². The Morgan fingerprint density at radius 1 is 1.12 bits per heavy atom. The van der Waals surface area contributed by atoms with E-state index in [1.165, 1.54) is 0 Å². The number of nitrogens with one attached hydrogen (secondary N) is 2. The van der Waals surface area contributed by atoms with Crippen LogP contribution in [-0.2, 0) is 13.0 Å². The van der Waals surface area contributed by atoms with Crippen LogP contribution in [0.25, 0.3) is 5.69 Å². The van der Waals surface area contributed by atoms with E-state index in [0.29, 0.717) is 28.8 Å². The van der Waals surface area contributed by atoms with Gasteiger partial charge in [-0.2, -0.15) is 0 Å². The minimum Gasteiger partial charge on any atom is -0.307 e. The van der Waals surface area contributed by atoms with E-state index in [4.69, 9.17) is 27.7 Å². The number of hydrogen-bond acceptors (Lipinski definition) is 3. The summed E-state index contributed by atoms with van der Waals surface area (Å²) >= 11 is 12.0. The SMILES string of the molecule is O=c1o[nH][n+](-c2ccccc2)c1CNCCc1ccc(Cl)cc1Cl. The lowest BCUT2D eigenvalue weighted by molar-refractivity contribution is -0.677. The molecular formula is C17H16Cl2N3O2+. The molecule has 0 saturated carbocycles. The van der Waals surface area contributed by atoms with Gasteiger partial charge in [-0.25, -0.2) is 4.79 Å². The minimum atomic E-state index is -0.393. The summed E-state index contributed by atoms with van der Waals surface area (Å²) in [7, 11) is 0. The highest BCUT2D eigenvalue weighted by Crippen LogP contribution is 2.21. The van der Waals surface area contributed by atoms with Crippen molar-refractivity contribution in [1.82, 2.24) is 10.6 Å². The third kappa shape index (κ3) is 3.87. The van der Waals surface area contributed by atoms with E-state index in [2.05, 4.69) is 10.6 Å². The number of hydrogen-bond donors (Lipinski definition) is 2. The highest BCUT2D eigenvalue weighted by molar-refractivity contribution is 6.35. The van der Waals surface area contributed by atoms with Crippen molar-refractivity contribution < 1.29 is 9.20 Å². The monoisotopic (exact) mass is 364 g/mol. The molecule has 0 atom stereocenters. The summed E-state index contributed by atoms with van der Waals surface area (Å²) in [5.41, 5.74) is 1.95. The molecule has 0 aliphatic rings. The lowest BCUT2D eigenvalue weighted by Gasteiger charge is -2.05. The summed E-state index contributed by atoms with van der Waals surface area (Å²) in [5.74, 6) is 0. The second-order valence-corrected chi connectivity index (χ2v) is 6.10. The third-order valence-electron chi connectivity index (χ3n) is 3.63. The number of aromatic nitrogens is 2. The summed E-state index contributed by atoms with van der Waals surface area (Å²) < 4.78 is 6.53. The van der Waals surface area contributed by atoms with E-state index >= 15 is 0 Å². The second kappa shape index (κ2) is 7.66. The largest absolute Gasteiger partial charge is 0.431 e. The number of aromatic amines is 1. The molecule has 0 fully saturated rings. The molecule has 124 valence electrons. The standard InChI is InChI=1S/C17H15Cl2N3O2/c18-13-7-6-12(15(19)10-13)8-9-20-11-16-17(23)24-21-22(16)14-4-2-1-3-5-14/h1-7,10,20H,8-9,11H2/p+1. The quantitative estimate of drug-likeness (QED) is 0.522. The fourth-order valence-electron chi connectivity index (χ4n) is 2.38. The van der Waals surface area contributed by atoms with Gasteiger partial charge in [-0.1, -0.05) is 47.5 Å². The molecule has 24 heavy (non-hydrogen) atoms. The highest BCUT2D eigenvalue weighted by atomic mass is 35.5. The molecule has 0 amide bonds. The number of H-pyrrole nitrogens is 1. The Labute approximate surface area is 148 Å². The molecule has 0 radical (unpaired) electrons. The Morgan fingerprint density at radius 2 is 1.92 bits per heavy atom. The lowest BCUT2D eigenvalue weighted by atomic mass is 10.1. The normalized spacial score (nSPS) is 10.9. The maximum Gasteiger partial charge on any atom is 0.431 e. The number of halogens is 2. The average Bonchev–Trinajstić information content (AvgIpc) is 2.95. The van der Waals surface area contributed by atoms with E-state index in [-0.39, 0.29) is 0 Å². The predicted octanol–water partition coefficient (Wildman–Crippen LogP) is 2.88. The predicted molar refractivity (Wildman–Crippen MR) is 92.7 cm³/mol. The van der Waals surface area contributed by atoms with Crippen molar-refractivity contribution in [2.24, 2.45) is 0 Å². The topological polar surface area (TPSA) is 61.9 Å².